The molecule has 1 aliphatic rings. The highest BCUT2D eigenvalue weighted by Crippen LogP contribution is 2.18. The summed E-state index contributed by atoms with van der Waals surface area (Å²) in [5.41, 5.74) is 2.75. The van der Waals surface area contributed by atoms with E-state index in [2.05, 4.69) is 72.5 Å². The van der Waals surface area contributed by atoms with E-state index in [0.29, 0.717) is 18.0 Å². The zero-order valence-corrected chi connectivity index (χ0v) is 15.3. The van der Waals surface area contributed by atoms with Crippen molar-refractivity contribution in [2.75, 3.05) is 26.7 Å². The Morgan fingerprint density at radius 2 is 2.04 bits per heavy atom. The first-order chi connectivity index (χ1) is 11.0. The van der Waals surface area contributed by atoms with Crippen LogP contribution in [0.5, 0.6) is 0 Å². The van der Waals surface area contributed by atoms with E-state index in [0.717, 1.165) is 32.0 Å². The van der Waals surface area contributed by atoms with Crippen molar-refractivity contribution in [1.82, 2.24) is 15.5 Å². The fraction of sp³-hybridized carbons (Fsp3) is 0.632. The highest BCUT2D eigenvalue weighted by molar-refractivity contribution is 5.80. The summed E-state index contributed by atoms with van der Waals surface area (Å²) in [5.74, 6) is 1.56. The Morgan fingerprint density at radius 1 is 1.30 bits per heavy atom. The smallest absolute Gasteiger partial charge is 0.191 e. The van der Waals surface area contributed by atoms with Crippen molar-refractivity contribution in [3.63, 3.8) is 0 Å². The Balaban J connectivity index is 1.81. The van der Waals surface area contributed by atoms with Crippen LogP contribution in [0.25, 0.3) is 0 Å². The number of likely N-dealkylation sites (tertiary alicyclic amines) is 1. The van der Waals surface area contributed by atoms with E-state index in [-0.39, 0.29) is 0 Å². The lowest BCUT2D eigenvalue weighted by Crippen LogP contribution is -2.47. The van der Waals surface area contributed by atoms with Gasteiger partial charge in [-0.15, -0.1) is 0 Å². The number of nitrogens with one attached hydrogen (secondary N) is 2. The van der Waals surface area contributed by atoms with Crippen molar-refractivity contribution in [2.45, 2.75) is 46.2 Å². The summed E-state index contributed by atoms with van der Waals surface area (Å²) in [6, 6.07) is 9.66. The lowest BCUT2D eigenvalue weighted by atomic mass is 10.1. The first kappa shape index (κ1) is 17.8. The molecule has 2 N–H and O–H groups in total. The van der Waals surface area contributed by atoms with Crippen LogP contribution in [-0.2, 0) is 6.42 Å². The van der Waals surface area contributed by atoms with Crippen LogP contribution in [0.2, 0.25) is 0 Å². The van der Waals surface area contributed by atoms with Gasteiger partial charge in [-0.2, -0.15) is 0 Å². The third-order valence-corrected chi connectivity index (χ3v) is 4.86. The molecule has 0 saturated carbocycles. The Hall–Kier alpha value is -1.55. The molecule has 0 bridgehead atoms. The number of aryl methyl sites for hydroxylation is 1. The Kier molecular flexibility index (Phi) is 6.46. The van der Waals surface area contributed by atoms with Crippen LogP contribution in [0.1, 0.15) is 31.9 Å². The zero-order chi connectivity index (χ0) is 16.8. The van der Waals surface area contributed by atoms with Crippen molar-refractivity contribution in [1.29, 1.82) is 0 Å². The summed E-state index contributed by atoms with van der Waals surface area (Å²) in [4.78, 5) is 6.92. The maximum absolute atomic E-state index is 4.39. The van der Waals surface area contributed by atoms with Gasteiger partial charge in [0.25, 0.3) is 0 Å². The molecule has 0 aromatic heterocycles. The molecule has 2 atom stereocenters. The third-order valence-electron chi connectivity index (χ3n) is 4.86. The molecule has 23 heavy (non-hydrogen) atoms. The first-order valence-electron chi connectivity index (χ1n) is 8.77. The number of hydrogen-bond donors (Lipinski definition) is 2. The van der Waals surface area contributed by atoms with E-state index in [1.165, 1.54) is 11.1 Å². The van der Waals surface area contributed by atoms with Gasteiger partial charge in [-0.25, -0.2) is 0 Å². The molecule has 1 fully saturated rings. The Labute approximate surface area is 141 Å². The van der Waals surface area contributed by atoms with Crippen LogP contribution >= 0.6 is 0 Å². The average Bonchev–Trinajstić information content (AvgIpc) is 2.89. The minimum absolute atomic E-state index is 0.474. The molecule has 1 aliphatic heterocycles. The second-order valence-electron chi connectivity index (χ2n) is 6.95. The lowest BCUT2D eigenvalue weighted by molar-refractivity contribution is 0.265. The molecule has 1 saturated heterocycles. The first-order valence-corrected chi connectivity index (χ1v) is 8.77. The molecule has 2 unspecified atom stereocenters. The van der Waals surface area contributed by atoms with Crippen molar-refractivity contribution < 1.29 is 0 Å². The third kappa shape index (κ3) is 4.96. The Morgan fingerprint density at radius 3 is 2.65 bits per heavy atom. The molecule has 1 heterocycles. The van der Waals surface area contributed by atoms with Gasteiger partial charge >= 0.3 is 0 Å². The minimum Gasteiger partial charge on any atom is -0.356 e. The summed E-state index contributed by atoms with van der Waals surface area (Å²) >= 11 is 0. The quantitative estimate of drug-likeness (QED) is 0.647. The molecule has 4 nitrogen and oxygen atoms in total. The number of rotatable bonds is 5. The molecule has 128 valence electrons. The molecule has 0 aliphatic carbocycles. The van der Waals surface area contributed by atoms with Crippen molar-refractivity contribution in [3.05, 3.63) is 35.4 Å². The second kappa shape index (κ2) is 8.34. The molecule has 1 aromatic carbocycles. The van der Waals surface area contributed by atoms with Gasteiger partial charge in [0.05, 0.1) is 0 Å². The lowest BCUT2D eigenvalue weighted by Gasteiger charge is -2.22. The second-order valence-corrected chi connectivity index (χ2v) is 6.95. The molecule has 2 rings (SSSR count). The summed E-state index contributed by atoms with van der Waals surface area (Å²) in [6.07, 6.45) is 1.02. The van der Waals surface area contributed by atoms with E-state index in [9.17, 15) is 0 Å². The van der Waals surface area contributed by atoms with Gasteiger partial charge < -0.3 is 10.6 Å². The molecule has 0 amide bonds. The number of aliphatic imine (C=N–C) groups is 1. The molecule has 0 radical (unpaired) electrons. The van der Waals surface area contributed by atoms with Gasteiger partial charge in [0.2, 0.25) is 0 Å². The van der Waals surface area contributed by atoms with Crippen molar-refractivity contribution in [3.8, 4) is 0 Å². The van der Waals surface area contributed by atoms with E-state index in [4.69, 9.17) is 0 Å². The van der Waals surface area contributed by atoms with E-state index in [1.54, 1.807) is 0 Å². The molecule has 0 spiro atoms. The minimum atomic E-state index is 0.474. The highest BCUT2D eigenvalue weighted by atomic mass is 15.3. The van der Waals surface area contributed by atoms with E-state index >= 15 is 0 Å². The Bertz CT molecular complexity index is 524. The van der Waals surface area contributed by atoms with Gasteiger partial charge in [-0.05, 0) is 44.2 Å². The zero-order valence-electron chi connectivity index (χ0n) is 15.3. The van der Waals surface area contributed by atoms with Crippen LogP contribution in [0.4, 0.5) is 0 Å². The molecular formula is C19H32N4. The summed E-state index contributed by atoms with van der Waals surface area (Å²) in [7, 11) is 1.85. The monoisotopic (exact) mass is 316 g/mol. The van der Waals surface area contributed by atoms with E-state index in [1.807, 2.05) is 7.05 Å². The normalized spacial score (nSPS) is 22.6. The van der Waals surface area contributed by atoms with Crippen LogP contribution in [0, 0.1) is 12.8 Å². The van der Waals surface area contributed by atoms with E-state index < -0.39 is 0 Å². The summed E-state index contributed by atoms with van der Waals surface area (Å²) in [6.45, 7) is 12.2. The van der Waals surface area contributed by atoms with Gasteiger partial charge in [0.15, 0.2) is 5.96 Å². The number of nitrogens with zero attached hydrogens (tertiary/aromatic N) is 2. The molecular weight excluding hydrogens is 284 g/mol. The summed E-state index contributed by atoms with van der Waals surface area (Å²) in [5, 5.41) is 7.06. The van der Waals surface area contributed by atoms with Gasteiger partial charge in [-0.1, -0.05) is 31.2 Å². The van der Waals surface area contributed by atoms with Crippen LogP contribution in [-0.4, -0.2) is 49.6 Å². The van der Waals surface area contributed by atoms with Crippen LogP contribution in [0.3, 0.4) is 0 Å². The number of guanidine groups is 1. The average molecular weight is 316 g/mol. The van der Waals surface area contributed by atoms with Gasteiger partial charge in [0.1, 0.15) is 0 Å². The predicted molar refractivity (Wildman–Crippen MR) is 99.0 cm³/mol. The largest absolute Gasteiger partial charge is 0.356 e. The fourth-order valence-corrected chi connectivity index (χ4v) is 3.19. The number of benzene rings is 1. The summed E-state index contributed by atoms with van der Waals surface area (Å²) < 4.78 is 0. The standard InChI is InChI=1S/C19H32N4/c1-14(2)23-12-16(4)18(13-23)22-19(20-5)21-11-10-17-9-7-6-8-15(17)3/h6-9,14,16,18H,10-13H2,1-5H3,(H2,20,21,22). The fourth-order valence-electron chi connectivity index (χ4n) is 3.19. The van der Waals surface area contributed by atoms with Crippen molar-refractivity contribution >= 4 is 5.96 Å². The SMILES string of the molecule is CN=C(NCCc1ccccc1C)NC1CN(C(C)C)CC1C. The maximum atomic E-state index is 4.39. The van der Waals surface area contributed by atoms with Crippen LogP contribution in [0.15, 0.2) is 29.3 Å². The molecule has 4 heteroatoms. The van der Waals surface area contributed by atoms with Gasteiger partial charge in [-0.3, -0.25) is 9.89 Å². The highest BCUT2D eigenvalue weighted by Gasteiger charge is 2.31. The maximum Gasteiger partial charge on any atom is 0.191 e. The predicted octanol–water partition coefficient (Wildman–Crippen LogP) is 2.43. The van der Waals surface area contributed by atoms with Crippen LogP contribution < -0.4 is 10.6 Å². The van der Waals surface area contributed by atoms with Gasteiger partial charge in [0, 0.05) is 38.8 Å². The van der Waals surface area contributed by atoms with Crippen molar-refractivity contribution in [2.24, 2.45) is 10.9 Å². The number of hydrogen-bond acceptors (Lipinski definition) is 2. The molecule has 1 aromatic rings. The topological polar surface area (TPSA) is 39.7 Å².